The SMILES string of the molecule is CCC(C(=O)Nc1ccc2c(c1)NC(=O)C(C)O2)n1nnc(-c2ccc(Cl)cc2)n1. The van der Waals surface area contributed by atoms with E-state index < -0.39 is 12.1 Å². The number of hydrogen-bond donors (Lipinski definition) is 2. The van der Waals surface area contributed by atoms with Gasteiger partial charge in [0.1, 0.15) is 5.75 Å². The van der Waals surface area contributed by atoms with E-state index in [1.165, 1.54) is 4.80 Å². The highest BCUT2D eigenvalue weighted by Crippen LogP contribution is 2.32. The highest BCUT2D eigenvalue weighted by Gasteiger charge is 2.25. The van der Waals surface area contributed by atoms with Crippen molar-refractivity contribution in [2.24, 2.45) is 0 Å². The number of carbonyl (C=O) groups is 2. The normalized spacial score (nSPS) is 16.2. The topological polar surface area (TPSA) is 111 Å². The van der Waals surface area contributed by atoms with Crippen LogP contribution in [-0.2, 0) is 9.59 Å². The van der Waals surface area contributed by atoms with Crippen molar-refractivity contribution in [1.29, 1.82) is 0 Å². The fraction of sp³-hybridized carbons (Fsp3) is 0.250. The number of ether oxygens (including phenoxy) is 1. The van der Waals surface area contributed by atoms with Crippen LogP contribution in [0, 0.1) is 0 Å². The van der Waals surface area contributed by atoms with Crippen LogP contribution in [0.1, 0.15) is 26.3 Å². The van der Waals surface area contributed by atoms with Crippen molar-refractivity contribution < 1.29 is 14.3 Å². The molecular weight excluding hydrogens is 408 g/mol. The summed E-state index contributed by atoms with van der Waals surface area (Å²) in [4.78, 5) is 25.9. The molecule has 1 aromatic heterocycles. The van der Waals surface area contributed by atoms with Crippen LogP contribution in [0.4, 0.5) is 11.4 Å². The minimum absolute atomic E-state index is 0.237. The van der Waals surface area contributed by atoms with Gasteiger partial charge in [0.15, 0.2) is 12.1 Å². The predicted molar refractivity (Wildman–Crippen MR) is 111 cm³/mol. The van der Waals surface area contributed by atoms with Gasteiger partial charge in [-0.3, -0.25) is 9.59 Å². The van der Waals surface area contributed by atoms with Crippen LogP contribution in [-0.4, -0.2) is 38.1 Å². The molecule has 0 saturated carbocycles. The zero-order valence-corrected chi connectivity index (χ0v) is 17.1. The van der Waals surface area contributed by atoms with E-state index >= 15 is 0 Å². The van der Waals surface area contributed by atoms with Crippen LogP contribution < -0.4 is 15.4 Å². The Morgan fingerprint density at radius 2 is 2.07 bits per heavy atom. The lowest BCUT2D eigenvalue weighted by atomic mass is 10.2. The molecule has 0 saturated heterocycles. The van der Waals surface area contributed by atoms with E-state index in [2.05, 4.69) is 26.0 Å². The molecule has 1 aliphatic rings. The van der Waals surface area contributed by atoms with Crippen molar-refractivity contribution in [1.82, 2.24) is 20.2 Å². The molecular formula is C20H19ClN6O3. The molecule has 2 aromatic carbocycles. The van der Waals surface area contributed by atoms with Gasteiger partial charge >= 0.3 is 0 Å². The number of carbonyl (C=O) groups excluding carboxylic acids is 2. The fourth-order valence-electron chi connectivity index (χ4n) is 3.04. The number of anilines is 2. The molecule has 9 nitrogen and oxygen atoms in total. The molecule has 0 radical (unpaired) electrons. The van der Waals surface area contributed by atoms with Crippen LogP contribution >= 0.6 is 11.6 Å². The number of halogens is 1. The van der Waals surface area contributed by atoms with Crippen molar-refractivity contribution in [2.45, 2.75) is 32.4 Å². The first-order valence-electron chi connectivity index (χ1n) is 9.42. The lowest BCUT2D eigenvalue weighted by Crippen LogP contribution is -2.34. The Morgan fingerprint density at radius 1 is 1.30 bits per heavy atom. The number of rotatable bonds is 5. The monoisotopic (exact) mass is 426 g/mol. The molecule has 0 aliphatic carbocycles. The molecule has 2 N–H and O–H groups in total. The summed E-state index contributed by atoms with van der Waals surface area (Å²) in [6.07, 6.45) is -0.0967. The Balaban J connectivity index is 1.51. The predicted octanol–water partition coefficient (Wildman–Crippen LogP) is 3.30. The van der Waals surface area contributed by atoms with Gasteiger partial charge in [-0.25, -0.2) is 0 Å². The molecule has 0 bridgehead atoms. The summed E-state index contributed by atoms with van der Waals surface area (Å²) < 4.78 is 5.53. The molecule has 10 heteroatoms. The van der Waals surface area contributed by atoms with Gasteiger partial charge in [-0.2, -0.15) is 4.80 Å². The minimum Gasteiger partial charge on any atom is -0.479 e. The summed E-state index contributed by atoms with van der Waals surface area (Å²) in [6, 6.07) is 11.5. The number of nitrogens with zero attached hydrogens (tertiary/aromatic N) is 4. The average Bonchev–Trinajstić information content (AvgIpc) is 3.20. The summed E-state index contributed by atoms with van der Waals surface area (Å²) in [5.41, 5.74) is 1.78. The van der Waals surface area contributed by atoms with Gasteiger partial charge in [0.2, 0.25) is 5.82 Å². The van der Waals surface area contributed by atoms with Crippen molar-refractivity contribution in [2.75, 3.05) is 10.6 Å². The number of hydrogen-bond acceptors (Lipinski definition) is 6. The Labute approximate surface area is 177 Å². The first-order chi connectivity index (χ1) is 14.4. The standard InChI is InChI=1S/C20H19ClN6O3/c1-3-16(27-25-18(24-26-27)12-4-6-13(21)7-5-12)20(29)22-14-8-9-17-15(10-14)23-19(28)11(2)30-17/h4-11,16H,3H2,1-2H3,(H,22,29)(H,23,28). The lowest BCUT2D eigenvalue weighted by molar-refractivity contribution is -0.122. The van der Waals surface area contributed by atoms with E-state index in [1.807, 2.05) is 6.92 Å². The summed E-state index contributed by atoms with van der Waals surface area (Å²) >= 11 is 5.91. The van der Waals surface area contributed by atoms with Gasteiger partial charge in [0.25, 0.3) is 11.8 Å². The summed E-state index contributed by atoms with van der Waals surface area (Å²) in [7, 11) is 0. The Hall–Kier alpha value is -3.46. The average molecular weight is 427 g/mol. The van der Waals surface area contributed by atoms with Crippen molar-refractivity contribution >= 4 is 34.8 Å². The van der Waals surface area contributed by atoms with E-state index in [4.69, 9.17) is 16.3 Å². The van der Waals surface area contributed by atoms with Gasteiger partial charge in [-0.05, 0) is 61.0 Å². The Kier molecular flexibility index (Phi) is 5.37. The third kappa shape index (κ3) is 3.97. The lowest BCUT2D eigenvalue weighted by Gasteiger charge is -2.24. The number of amides is 2. The van der Waals surface area contributed by atoms with E-state index in [9.17, 15) is 9.59 Å². The molecule has 30 heavy (non-hydrogen) atoms. The summed E-state index contributed by atoms with van der Waals surface area (Å²) in [5, 5.41) is 18.6. The van der Waals surface area contributed by atoms with Gasteiger partial charge in [0.05, 0.1) is 5.69 Å². The maximum absolute atomic E-state index is 12.8. The molecule has 2 amide bonds. The molecule has 2 heterocycles. The zero-order valence-electron chi connectivity index (χ0n) is 16.3. The maximum Gasteiger partial charge on any atom is 0.265 e. The van der Waals surface area contributed by atoms with Crippen LogP contribution in [0.5, 0.6) is 5.75 Å². The van der Waals surface area contributed by atoms with Crippen molar-refractivity contribution in [3.63, 3.8) is 0 Å². The van der Waals surface area contributed by atoms with Gasteiger partial charge in [-0.1, -0.05) is 18.5 Å². The molecule has 4 rings (SSSR count). The minimum atomic E-state index is -0.652. The number of fused-ring (bicyclic) bond motifs is 1. The first kappa shape index (κ1) is 19.8. The number of aromatic nitrogens is 4. The molecule has 2 unspecified atom stereocenters. The molecule has 2 atom stereocenters. The molecule has 0 fully saturated rings. The second-order valence-corrected chi connectivity index (χ2v) is 7.25. The third-order valence-electron chi connectivity index (χ3n) is 4.68. The van der Waals surface area contributed by atoms with Crippen molar-refractivity contribution in [3.05, 3.63) is 47.5 Å². The fourth-order valence-corrected chi connectivity index (χ4v) is 3.16. The molecule has 154 valence electrons. The quantitative estimate of drug-likeness (QED) is 0.647. The van der Waals surface area contributed by atoms with Crippen LogP contribution in [0.2, 0.25) is 5.02 Å². The molecule has 0 spiro atoms. The zero-order chi connectivity index (χ0) is 21.3. The highest BCUT2D eigenvalue weighted by molar-refractivity contribution is 6.30. The van der Waals surface area contributed by atoms with E-state index in [0.29, 0.717) is 34.4 Å². The van der Waals surface area contributed by atoms with Crippen LogP contribution in [0.15, 0.2) is 42.5 Å². The summed E-state index contributed by atoms with van der Waals surface area (Å²) in [5.74, 6) is 0.422. The van der Waals surface area contributed by atoms with E-state index in [0.717, 1.165) is 5.56 Å². The second kappa shape index (κ2) is 8.11. The van der Waals surface area contributed by atoms with Gasteiger partial charge in [0, 0.05) is 16.3 Å². The second-order valence-electron chi connectivity index (χ2n) is 6.81. The van der Waals surface area contributed by atoms with Crippen molar-refractivity contribution in [3.8, 4) is 17.1 Å². The summed E-state index contributed by atoms with van der Waals surface area (Å²) in [6.45, 7) is 3.53. The Morgan fingerprint density at radius 3 is 2.80 bits per heavy atom. The van der Waals surface area contributed by atoms with Crippen LogP contribution in [0.3, 0.4) is 0 Å². The Bertz CT molecular complexity index is 1100. The number of nitrogens with one attached hydrogen (secondary N) is 2. The van der Waals surface area contributed by atoms with Crippen LogP contribution in [0.25, 0.3) is 11.4 Å². The largest absolute Gasteiger partial charge is 0.479 e. The molecule has 3 aromatic rings. The third-order valence-corrected chi connectivity index (χ3v) is 4.93. The highest BCUT2D eigenvalue weighted by atomic mass is 35.5. The number of tetrazole rings is 1. The smallest absolute Gasteiger partial charge is 0.265 e. The van der Waals surface area contributed by atoms with Gasteiger partial charge < -0.3 is 15.4 Å². The maximum atomic E-state index is 12.8. The number of benzene rings is 2. The van der Waals surface area contributed by atoms with E-state index in [-0.39, 0.29) is 11.8 Å². The first-order valence-corrected chi connectivity index (χ1v) is 9.80. The van der Waals surface area contributed by atoms with Gasteiger partial charge in [-0.15, -0.1) is 10.2 Å². The van der Waals surface area contributed by atoms with E-state index in [1.54, 1.807) is 49.4 Å². The molecule has 1 aliphatic heterocycles.